The van der Waals surface area contributed by atoms with Crippen molar-refractivity contribution in [1.82, 2.24) is 9.88 Å². The molecule has 8 nitrogen and oxygen atoms in total. The molecule has 1 aromatic heterocycles. The number of nitrogens with one attached hydrogen (secondary N) is 1. The minimum Gasteiger partial charge on any atom is -0.497 e. The number of carbonyl (C=O) groups excluding carboxylic acids is 2. The molecule has 1 aromatic carbocycles. The maximum Gasteiger partial charge on any atom is 0.274 e. The quantitative estimate of drug-likeness (QED) is 0.829. The van der Waals surface area contributed by atoms with Gasteiger partial charge in [0.25, 0.3) is 11.8 Å². The van der Waals surface area contributed by atoms with Crippen molar-refractivity contribution in [3.8, 4) is 11.5 Å². The fraction of sp³-hybridized carbons (Fsp3) is 0.316. The number of aromatic nitrogens is 1. The van der Waals surface area contributed by atoms with Crippen molar-refractivity contribution in [3.05, 3.63) is 48.3 Å². The van der Waals surface area contributed by atoms with Gasteiger partial charge in [-0.15, -0.1) is 0 Å². The van der Waals surface area contributed by atoms with E-state index in [1.807, 2.05) is 0 Å². The number of anilines is 1. The second-order valence-electron chi connectivity index (χ2n) is 5.84. The Bertz CT molecular complexity index is 788. The molecule has 1 saturated heterocycles. The number of carbonyl (C=O) groups is 2. The van der Waals surface area contributed by atoms with Gasteiger partial charge in [0.1, 0.15) is 17.2 Å². The summed E-state index contributed by atoms with van der Waals surface area (Å²) in [6.45, 7) is 2.26. The number of methoxy groups -OCH3 is 1. The summed E-state index contributed by atoms with van der Waals surface area (Å²) in [6.07, 6.45) is 1.51. The molecule has 0 aliphatic carbocycles. The van der Waals surface area contributed by atoms with E-state index >= 15 is 0 Å². The summed E-state index contributed by atoms with van der Waals surface area (Å²) in [6, 6.07) is 10.0. The molecule has 2 aromatic rings. The molecule has 27 heavy (non-hydrogen) atoms. The van der Waals surface area contributed by atoms with Crippen LogP contribution in [-0.4, -0.2) is 61.7 Å². The average molecular weight is 371 g/mol. The SMILES string of the molecule is COc1ccnc(C(=O)Nc2ccc(OCC(=O)N3CCOCC3)cc2)c1. The van der Waals surface area contributed by atoms with Gasteiger partial charge in [0, 0.05) is 31.0 Å². The Balaban J connectivity index is 1.52. The summed E-state index contributed by atoms with van der Waals surface area (Å²) in [7, 11) is 1.53. The molecular weight excluding hydrogens is 350 g/mol. The Morgan fingerprint density at radius 1 is 1.15 bits per heavy atom. The highest BCUT2D eigenvalue weighted by atomic mass is 16.5. The lowest BCUT2D eigenvalue weighted by molar-refractivity contribution is -0.137. The van der Waals surface area contributed by atoms with Crippen LogP contribution in [0.1, 0.15) is 10.5 Å². The van der Waals surface area contributed by atoms with Crippen molar-refractivity contribution in [2.75, 3.05) is 45.3 Å². The molecule has 0 saturated carbocycles. The topological polar surface area (TPSA) is 90.0 Å². The van der Waals surface area contributed by atoms with E-state index in [9.17, 15) is 9.59 Å². The van der Waals surface area contributed by atoms with E-state index in [2.05, 4.69) is 10.3 Å². The van der Waals surface area contributed by atoms with Crippen LogP contribution in [0.4, 0.5) is 5.69 Å². The lowest BCUT2D eigenvalue weighted by Gasteiger charge is -2.26. The number of hydrogen-bond donors (Lipinski definition) is 1. The molecule has 0 bridgehead atoms. The van der Waals surface area contributed by atoms with Gasteiger partial charge in [0.2, 0.25) is 0 Å². The highest BCUT2D eigenvalue weighted by molar-refractivity contribution is 6.03. The van der Waals surface area contributed by atoms with Gasteiger partial charge in [-0.05, 0) is 30.3 Å². The Labute approximate surface area is 157 Å². The van der Waals surface area contributed by atoms with E-state index < -0.39 is 0 Å². The molecule has 0 radical (unpaired) electrons. The monoisotopic (exact) mass is 371 g/mol. The highest BCUT2D eigenvalue weighted by Gasteiger charge is 2.17. The molecule has 0 unspecified atom stereocenters. The molecule has 1 N–H and O–H groups in total. The Morgan fingerprint density at radius 2 is 1.89 bits per heavy atom. The number of pyridine rings is 1. The van der Waals surface area contributed by atoms with Crippen LogP contribution < -0.4 is 14.8 Å². The standard InChI is InChI=1S/C19H21N3O5/c1-25-16-6-7-20-17(12-16)19(24)21-14-2-4-15(5-3-14)27-13-18(23)22-8-10-26-11-9-22/h2-7,12H,8-11,13H2,1H3,(H,21,24). The second-order valence-corrected chi connectivity index (χ2v) is 5.84. The van der Waals surface area contributed by atoms with Gasteiger partial charge in [-0.3, -0.25) is 14.6 Å². The first-order chi connectivity index (χ1) is 13.2. The predicted octanol–water partition coefficient (Wildman–Crippen LogP) is 1.58. The number of ether oxygens (including phenoxy) is 3. The third kappa shape index (κ3) is 5.18. The summed E-state index contributed by atoms with van der Waals surface area (Å²) in [5.74, 6) is 0.697. The summed E-state index contributed by atoms with van der Waals surface area (Å²) in [5, 5.41) is 2.75. The van der Waals surface area contributed by atoms with Crippen LogP contribution in [0.3, 0.4) is 0 Å². The van der Waals surface area contributed by atoms with Crippen molar-refractivity contribution in [1.29, 1.82) is 0 Å². The minimum absolute atomic E-state index is 0.0283. The van der Waals surface area contributed by atoms with E-state index in [4.69, 9.17) is 14.2 Å². The van der Waals surface area contributed by atoms with Crippen molar-refractivity contribution in [2.45, 2.75) is 0 Å². The largest absolute Gasteiger partial charge is 0.497 e. The number of benzene rings is 1. The zero-order valence-corrected chi connectivity index (χ0v) is 15.0. The molecule has 1 aliphatic rings. The molecule has 8 heteroatoms. The van der Waals surface area contributed by atoms with E-state index in [1.165, 1.54) is 13.3 Å². The molecule has 1 aliphatic heterocycles. The van der Waals surface area contributed by atoms with Crippen LogP contribution in [0.25, 0.3) is 0 Å². The van der Waals surface area contributed by atoms with Gasteiger partial charge in [-0.25, -0.2) is 0 Å². The number of rotatable bonds is 6. The van der Waals surface area contributed by atoms with Gasteiger partial charge in [-0.2, -0.15) is 0 Å². The van der Waals surface area contributed by atoms with Gasteiger partial charge < -0.3 is 24.4 Å². The van der Waals surface area contributed by atoms with Crippen LogP contribution in [0.5, 0.6) is 11.5 Å². The van der Waals surface area contributed by atoms with Crippen molar-refractivity contribution in [2.24, 2.45) is 0 Å². The Morgan fingerprint density at radius 3 is 2.59 bits per heavy atom. The van der Waals surface area contributed by atoms with Crippen LogP contribution in [0, 0.1) is 0 Å². The molecule has 2 amide bonds. The first kappa shape index (κ1) is 18.7. The number of amides is 2. The van der Waals surface area contributed by atoms with Crippen LogP contribution in [-0.2, 0) is 9.53 Å². The van der Waals surface area contributed by atoms with Crippen molar-refractivity contribution in [3.63, 3.8) is 0 Å². The number of morpholine rings is 1. The minimum atomic E-state index is -0.343. The molecule has 142 valence electrons. The fourth-order valence-corrected chi connectivity index (χ4v) is 2.54. The fourth-order valence-electron chi connectivity index (χ4n) is 2.54. The Hall–Kier alpha value is -3.13. The number of nitrogens with zero attached hydrogens (tertiary/aromatic N) is 2. The second kappa shape index (κ2) is 9.00. The van der Waals surface area contributed by atoms with Crippen molar-refractivity contribution < 1.29 is 23.8 Å². The highest BCUT2D eigenvalue weighted by Crippen LogP contribution is 2.17. The van der Waals surface area contributed by atoms with Crippen molar-refractivity contribution >= 4 is 17.5 Å². The molecule has 0 atom stereocenters. The molecule has 0 spiro atoms. The third-order valence-electron chi connectivity index (χ3n) is 4.04. The van der Waals surface area contributed by atoms with Crippen LogP contribution in [0.15, 0.2) is 42.6 Å². The smallest absolute Gasteiger partial charge is 0.274 e. The third-order valence-corrected chi connectivity index (χ3v) is 4.04. The van der Waals surface area contributed by atoms with Crippen LogP contribution >= 0.6 is 0 Å². The summed E-state index contributed by atoms with van der Waals surface area (Å²) in [4.78, 5) is 30.0. The van der Waals surface area contributed by atoms with E-state index in [-0.39, 0.29) is 24.1 Å². The zero-order chi connectivity index (χ0) is 19.1. The van der Waals surface area contributed by atoms with E-state index in [1.54, 1.807) is 41.3 Å². The van der Waals surface area contributed by atoms with E-state index in [0.29, 0.717) is 43.5 Å². The van der Waals surface area contributed by atoms with Gasteiger partial charge in [0.15, 0.2) is 6.61 Å². The maximum absolute atomic E-state index is 12.2. The predicted molar refractivity (Wildman–Crippen MR) is 98.1 cm³/mol. The number of hydrogen-bond acceptors (Lipinski definition) is 6. The van der Waals surface area contributed by atoms with Gasteiger partial charge >= 0.3 is 0 Å². The first-order valence-corrected chi connectivity index (χ1v) is 8.55. The summed E-state index contributed by atoms with van der Waals surface area (Å²) >= 11 is 0. The average Bonchev–Trinajstić information content (AvgIpc) is 2.73. The normalized spacial score (nSPS) is 13.7. The lowest BCUT2D eigenvalue weighted by atomic mass is 10.2. The molecule has 2 heterocycles. The summed E-state index contributed by atoms with van der Waals surface area (Å²) in [5.41, 5.74) is 0.849. The summed E-state index contributed by atoms with van der Waals surface area (Å²) < 4.78 is 15.8. The molecule has 3 rings (SSSR count). The molecule has 1 fully saturated rings. The first-order valence-electron chi connectivity index (χ1n) is 8.55. The maximum atomic E-state index is 12.2. The lowest BCUT2D eigenvalue weighted by Crippen LogP contribution is -2.42. The van der Waals surface area contributed by atoms with Crippen LogP contribution in [0.2, 0.25) is 0 Å². The van der Waals surface area contributed by atoms with Gasteiger partial charge in [-0.1, -0.05) is 0 Å². The Kier molecular flexibility index (Phi) is 6.22. The molecular formula is C19H21N3O5. The zero-order valence-electron chi connectivity index (χ0n) is 15.0. The van der Waals surface area contributed by atoms with E-state index in [0.717, 1.165) is 0 Å². The van der Waals surface area contributed by atoms with Gasteiger partial charge in [0.05, 0.1) is 20.3 Å².